The Kier molecular flexibility index (Phi) is 2.85. The van der Waals surface area contributed by atoms with Crippen LogP contribution in [0.15, 0.2) is 47.4 Å². The van der Waals surface area contributed by atoms with Gasteiger partial charge in [-0.2, -0.15) is 0 Å². The van der Waals surface area contributed by atoms with Crippen molar-refractivity contribution in [2.24, 2.45) is 0 Å². The van der Waals surface area contributed by atoms with Crippen molar-refractivity contribution >= 4 is 22.3 Å². The van der Waals surface area contributed by atoms with Crippen LogP contribution in [0.2, 0.25) is 0 Å². The molecule has 0 saturated heterocycles. The third-order valence-electron chi connectivity index (χ3n) is 2.54. The number of thiazole rings is 1. The van der Waals surface area contributed by atoms with Crippen LogP contribution in [-0.2, 0) is 0 Å². The number of furan rings is 1. The molecule has 94 valence electrons. The Morgan fingerprint density at radius 1 is 1.32 bits per heavy atom. The molecule has 0 aliphatic rings. The molecule has 3 heterocycles. The molecule has 6 heteroatoms. The van der Waals surface area contributed by atoms with Crippen LogP contribution in [-0.4, -0.2) is 15.8 Å². The van der Waals surface area contributed by atoms with Gasteiger partial charge in [-0.3, -0.25) is 9.78 Å². The highest BCUT2D eigenvalue weighted by Crippen LogP contribution is 2.31. The first-order chi connectivity index (χ1) is 9.25. The average molecular weight is 271 g/mol. The predicted molar refractivity (Wildman–Crippen MR) is 71.9 cm³/mol. The Bertz CT molecular complexity index is 705. The summed E-state index contributed by atoms with van der Waals surface area (Å²) >= 11 is 1.15. The molecule has 0 radical (unpaired) electrons. The highest BCUT2D eigenvalue weighted by Gasteiger charge is 2.21. The fourth-order valence-corrected chi connectivity index (χ4v) is 2.50. The summed E-state index contributed by atoms with van der Waals surface area (Å²) in [6.07, 6.45) is 4.64. The Balaban J connectivity index is 2.09. The topological polar surface area (TPSA) is 82.0 Å². The number of hydrogen-bond acceptors (Lipinski definition) is 6. The fraction of sp³-hybridized carbons (Fsp3) is 0. The summed E-state index contributed by atoms with van der Waals surface area (Å²) in [5, 5.41) is 0.343. The molecular weight excluding hydrogens is 262 g/mol. The molecule has 2 N–H and O–H groups in total. The third kappa shape index (κ3) is 2.13. The molecule has 0 spiro atoms. The summed E-state index contributed by atoms with van der Waals surface area (Å²) in [6.45, 7) is 0. The number of nitrogens with two attached hydrogens (primary N) is 1. The Hall–Kier alpha value is -2.47. The SMILES string of the molecule is Nc1nc(-c2ccoc2)c(C(=O)c2ccccn2)s1. The summed E-state index contributed by atoms with van der Waals surface area (Å²) in [4.78, 5) is 21.1. The van der Waals surface area contributed by atoms with Crippen molar-refractivity contribution in [1.82, 2.24) is 9.97 Å². The number of hydrogen-bond donors (Lipinski definition) is 1. The van der Waals surface area contributed by atoms with Crippen molar-refractivity contribution < 1.29 is 9.21 Å². The first-order valence-electron chi connectivity index (χ1n) is 5.50. The van der Waals surface area contributed by atoms with E-state index in [2.05, 4.69) is 9.97 Å². The number of nitrogen functional groups attached to an aromatic ring is 1. The lowest BCUT2D eigenvalue weighted by Crippen LogP contribution is -2.02. The van der Waals surface area contributed by atoms with Crippen molar-refractivity contribution in [3.05, 3.63) is 53.6 Å². The van der Waals surface area contributed by atoms with Crippen molar-refractivity contribution in [1.29, 1.82) is 0 Å². The van der Waals surface area contributed by atoms with E-state index in [1.54, 1.807) is 30.5 Å². The predicted octanol–water partition coefficient (Wildman–Crippen LogP) is 2.61. The van der Waals surface area contributed by atoms with Gasteiger partial charge in [0.2, 0.25) is 5.78 Å². The fourth-order valence-electron chi connectivity index (χ4n) is 1.70. The Labute approximate surface area is 112 Å². The highest BCUT2D eigenvalue weighted by atomic mass is 32.1. The lowest BCUT2D eigenvalue weighted by molar-refractivity contribution is 0.103. The van der Waals surface area contributed by atoms with Crippen LogP contribution < -0.4 is 5.73 Å². The van der Waals surface area contributed by atoms with E-state index in [-0.39, 0.29) is 5.78 Å². The molecule has 0 saturated carbocycles. The second kappa shape index (κ2) is 4.66. The molecule has 0 atom stereocenters. The van der Waals surface area contributed by atoms with Gasteiger partial charge in [-0.05, 0) is 18.2 Å². The van der Waals surface area contributed by atoms with Gasteiger partial charge in [0, 0.05) is 11.8 Å². The quantitative estimate of drug-likeness (QED) is 0.740. The zero-order valence-electron chi connectivity index (χ0n) is 9.74. The standard InChI is InChI=1S/C13H9N3O2S/c14-13-16-10(8-4-6-18-7-8)12(19-13)11(17)9-3-1-2-5-15-9/h1-7H,(H2,14,16). The maximum Gasteiger partial charge on any atom is 0.223 e. The second-order valence-electron chi connectivity index (χ2n) is 3.79. The minimum Gasteiger partial charge on any atom is -0.472 e. The van der Waals surface area contributed by atoms with Crippen LogP contribution in [0.5, 0.6) is 0 Å². The molecule has 0 fully saturated rings. The first-order valence-corrected chi connectivity index (χ1v) is 6.32. The molecule has 0 bridgehead atoms. The van der Waals surface area contributed by atoms with Crippen molar-refractivity contribution in [3.8, 4) is 11.3 Å². The van der Waals surface area contributed by atoms with Crippen molar-refractivity contribution in [2.75, 3.05) is 5.73 Å². The van der Waals surface area contributed by atoms with E-state index in [1.807, 2.05) is 0 Å². The number of rotatable bonds is 3. The van der Waals surface area contributed by atoms with E-state index < -0.39 is 0 Å². The minimum absolute atomic E-state index is 0.189. The van der Waals surface area contributed by atoms with Gasteiger partial charge < -0.3 is 10.2 Å². The van der Waals surface area contributed by atoms with Crippen LogP contribution in [0.1, 0.15) is 15.4 Å². The normalized spacial score (nSPS) is 10.5. The third-order valence-corrected chi connectivity index (χ3v) is 3.43. The first kappa shape index (κ1) is 11.6. The molecule has 0 unspecified atom stereocenters. The lowest BCUT2D eigenvalue weighted by Gasteiger charge is -1.98. The van der Waals surface area contributed by atoms with Gasteiger partial charge in [0.1, 0.15) is 10.6 Å². The molecule has 19 heavy (non-hydrogen) atoms. The zero-order valence-corrected chi connectivity index (χ0v) is 10.6. The number of anilines is 1. The molecule has 0 aromatic carbocycles. The minimum atomic E-state index is -0.189. The number of aromatic nitrogens is 2. The van der Waals surface area contributed by atoms with Crippen LogP contribution in [0.4, 0.5) is 5.13 Å². The Morgan fingerprint density at radius 3 is 2.89 bits per heavy atom. The van der Waals surface area contributed by atoms with Gasteiger partial charge in [0.25, 0.3) is 0 Å². The smallest absolute Gasteiger partial charge is 0.223 e. The van der Waals surface area contributed by atoms with E-state index in [1.165, 1.54) is 12.5 Å². The molecule has 5 nitrogen and oxygen atoms in total. The number of carbonyl (C=O) groups is 1. The van der Waals surface area contributed by atoms with E-state index in [4.69, 9.17) is 10.2 Å². The molecule has 0 aliphatic heterocycles. The summed E-state index contributed by atoms with van der Waals surface area (Å²) in [6, 6.07) is 6.93. The molecule has 3 aromatic rings. The summed E-state index contributed by atoms with van der Waals surface area (Å²) < 4.78 is 5.02. The molecular formula is C13H9N3O2S. The highest BCUT2D eigenvalue weighted by molar-refractivity contribution is 7.18. The maximum atomic E-state index is 12.4. The number of ketones is 1. The van der Waals surface area contributed by atoms with Gasteiger partial charge in [-0.25, -0.2) is 4.98 Å². The lowest BCUT2D eigenvalue weighted by atomic mass is 10.1. The van der Waals surface area contributed by atoms with Crippen LogP contribution in [0, 0.1) is 0 Å². The summed E-state index contributed by atoms with van der Waals surface area (Å²) in [5.74, 6) is -0.189. The van der Waals surface area contributed by atoms with E-state index in [0.717, 1.165) is 16.9 Å². The summed E-state index contributed by atoms with van der Waals surface area (Å²) in [7, 11) is 0. The molecule has 3 aromatic heterocycles. The van der Waals surface area contributed by atoms with E-state index in [9.17, 15) is 4.79 Å². The van der Waals surface area contributed by atoms with Gasteiger partial charge in [0.05, 0.1) is 18.2 Å². The summed E-state index contributed by atoms with van der Waals surface area (Å²) in [5.41, 5.74) is 7.34. The molecule has 0 amide bonds. The van der Waals surface area contributed by atoms with E-state index in [0.29, 0.717) is 21.4 Å². The monoisotopic (exact) mass is 271 g/mol. The van der Waals surface area contributed by atoms with Gasteiger partial charge in [-0.1, -0.05) is 17.4 Å². The Morgan fingerprint density at radius 2 is 2.21 bits per heavy atom. The van der Waals surface area contributed by atoms with Gasteiger partial charge >= 0.3 is 0 Å². The van der Waals surface area contributed by atoms with Gasteiger partial charge in [-0.15, -0.1) is 0 Å². The van der Waals surface area contributed by atoms with Crippen molar-refractivity contribution in [2.45, 2.75) is 0 Å². The second-order valence-corrected chi connectivity index (χ2v) is 4.82. The van der Waals surface area contributed by atoms with Crippen molar-refractivity contribution in [3.63, 3.8) is 0 Å². The van der Waals surface area contributed by atoms with Crippen LogP contribution in [0.25, 0.3) is 11.3 Å². The number of pyridine rings is 1. The average Bonchev–Trinajstić information content (AvgIpc) is 3.07. The zero-order chi connectivity index (χ0) is 13.2. The van der Waals surface area contributed by atoms with Crippen LogP contribution >= 0.6 is 11.3 Å². The maximum absolute atomic E-state index is 12.4. The largest absolute Gasteiger partial charge is 0.472 e. The number of nitrogens with zero attached hydrogens (tertiary/aromatic N) is 2. The molecule has 0 aliphatic carbocycles. The number of carbonyl (C=O) groups excluding carboxylic acids is 1. The van der Waals surface area contributed by atoms with Crippen LogP contribution in [0.3, 0.4) is 0 Å². The molecule has 3 rings (SSSR count). The van der Waals surface area contributed by atoms with E-state index >= 15 is 0 Å². The van der Waals surface area contributed by atoms with Gasteiger partial charge in [0.15, 0.2) is 5.13 Å².